The minimum absolute atomic E-state index is 0.206. The lowest BCUT2D eigenvalue weighted by molar-refractivity contribution is -0.139. The van der Waals surface area contributed by atoms with Crippen molar-refractivity contribution in [3.8, 4) is 16.9 Å². The third-order valence-electron chi connectivity index (χ3n) is 6.69. The van der Waals surface area contributed by atoms with Gasteiger partial charge in [0, 0.05) is 18.4 Å². The van der Waals surface area contributed by atoms with Crippen molar-refractivity contribution in [1.82, 2.24) is 9.88 Å². The third-order valence-corrected chi connectivity index (χ3v) is 7.00. The molecule has 1 heterocycles. The normalized spacial score (nSPS) is 12.7. The molecule has 1 aromatic heterocycles. The molecule has 0 fully saturated rings. The van der Waals surface area contributed by atoms with E-state index in [1.807, 2.05) is 24.3 Å². The van der Waals surface area contributed by atoms with Crippen LogP contribution in [-0.4, -0.2) is 34.7 Å². The van der Waals surface area contributed by atoms with Crippen LogP contribution in [-0.2, 0) is 11.8 Å². The van der Waals surface area contributed by atoms with E-state index in [4.69, 9.17) is 16.3 Å². The van der Waals surface area contributed by atoms with Crippen LogP contribution in [0.3, 0.4) is 0 Å². The molecule has 0 aliphatic rings. The Morgan fingerprint density at radius 3 is 2.32 bits per heavy atom. The number of fused-ring (bicyclic) bond motifs is 1. The van der Waals surface area contributed by atoms with Crippen LogP contribution in [0.15, 0.2) is 71.5 Å². The summed E-state index contributed by atoms with van der Waals surface area (Å²) < 4.78 is 7.23. The Morgan fingerprint density at radius 1 is 1.03 bits per heavy atom. The number of hydrogen-bond donors (Lipinski definition) is 2. The number of aryl methyl sites for hydroxylation is 2. The van der Waals surface area contributed by atoms with Crippen LogP contribution in [0.25, 0.3) is 22.0 Å². The fraction of sp³-hybridized carbons (Fsp3) is 0.207. The van der Waals surface area contributed by atoms with Crippen LogP contribution in [0.2, 0.25) is 5.02 Å². The number of carboxylic acid groups (broad SMARTS) is 1. The summed E-state index contributed by atoms with van der Waals surface area (Å²) >= 11 is 6.20. The van der Waals surface area contributed by atoms with Crippen LogP contribution in [0, 0.1) is 6.92 Å². The molecular formula is C29H27ClN2O5. The molecule has 0 saturated heterocycles. The number of carboxylic acids is 1. The number of nitrogens with one attached hydrogen (secondary N) is 1. The summed E-state index contributed by atoms with van der Waals surface area (Å²) in [5.74, 6) is -1.81. The molecule has 2 atom stereocenters. The quantitative estimate of drug-likeness (QED) is 0.352. The molecule has 0 aliphatic heterocycles. The number of aromatic nitrogens is 1. The number of aliphatic carboxylic acids is 1. The van der Waals surface area contributed by atoms with E-state index < -0.39 is 23.8 Å². The van der Waals surface area contributed by atoms with Gasteiger partial charge in [-0.15, -0.1) is 0 Å². The van der Waals surface area contributed by atoms with Crippen LogP contribution < -0.4 is 15.6 Å². The second-order valence-electron chi connectivity index (χ2n) is 8.92. The van der Waals surface area contributed by atoms with Gasteiger partial charge in [-0.25, -0.2) is 4.79 Å². The molecule has 2 N–H and O–H groups in total. The van der Waals surface area contributed by atoms with Gasteiger partial charge in [-0.1, -0.05) is 67.1 Å². The number of para-hydroxylation sites is 1. The Labute approximate surface area is 219 Å². The zero-order chi connectivity index (χ0) is 26.9. The minimum atomic E-state index is -1.20. The fourth-order valence-electron chi connectivity index (χ4n) is 4.61. The van der Waals surface area contributed by atoms with Crippen LogP contribution in [0.5, 0.6) is 5.75 Å². The number of pyridine rings is 1. The van der Waals surface area contributed by atoms with Crippen molar-refractivity contribution < 1.29 is 19.4 Å². The molecule has 0 radical (unpaired) electrons. The first-order valence-corrected chi connectivity index (χ1v) is 12.1. The SMILES string of the molecule is COc1c(-c2ccc(C(C)[C@H](NC(=O)c3c(C)cccc3Cl)C(=O)O)cc2)c(=O)n(C)c2ccccc12. The molecule has 0 aliphatic carbocycles. The maximum atomic E-state index is 13.2. The largest absolute Gasteiger partial charge is 0.495 e. The number of methoxy groups -OCH3 is 1. The first-order chi connectivity index (χ1) is 17.6. The molecule has 1 unspecified atom stereocenters. The molecular weight excluding hydrogens is 492 g/mol. The number of halogens is 1. The second kappa shape index (κ2) is 10.5. The van der Waals surface area contributed by atoms with E-state index in [0.717, 1.165) is 10.9 Å². The number of carbonyl (C=O) groups excluding carboxylic acids is 1. The third kappa shape index (κ3) is 4.82. The first kappa shape index (κ1) is 26.0. The Bertz CT molecular complexity index is 1540. The summed E-state index contributed by atoms with van der Waals surface area (Å²) in [5.41, 5.74) is 3.19. The van der Waals surface area contributed by atoms with Crippen molar-refractivity contribution in [3.05, 3.63) is 98.8 Å². The van der Waals surface area contributed by atoms with Crippen molar-refractivity contribution in [3.63, 3.8) is 0 Å². The highest BCUT2D eigenvalue weighted by molar-refractivity contribution is 6.34. The van der Waals surface area contributed by atoms with Gasteiger partial charge in [0.05, 0.1) is 28.8 Å². The number of ether oxygens (including phenoxy) is 1. The summed E-state index contributed by atoms with van der Waals surface area (Å²) in [6.07, 6.45) is 0. The topological polar surface area (TPSA) is 97.6 Å². The average Bonchev–Trinajstić information content (AvgIpc) is 2.88. The lowest BCUT2D eigenvalue weighted by Crippen LogP contribution is -2.44. The number of rotatable bonds is 7. The Hall–Kier alpha value is -4.10. The van der Waals surface area contributed by atoms with E-state index >= 15 is 0 Å². The predicted molar refractivity (Wildman–Crippen MR) is 145 cm³/mol. The van der Waals surface area contributed by atoms with Crippen LogP contribution >= 0.6 is 11.6 Å². The number of carbonyl (C=O) groups is 2. The van der Waals surface area contributed by atoms with Gasteiger partial charge in [0.2, 0.25) is 0 Å². The molecule has 37 heavy (non-hydrogen) atoms. The zero-order valence-electron chi connectivity index (χ0n) is 20.9. The van der Waals surface area contributed by atoms with Crippen LogP contribution in [0.1, 0.15) is 34.3 Å². The monoisotopic (exact) mass is 518 g/mol. The number of benzene rings is 3. The second-order valence-corrected chi connectivity index (χ2v) is 9.33. The number of amides is 1. The lowest BCUT2D eigenvalue weighted by Gasteiger charge is -2.23. The van der Waals surface area contributed by atoms with E-state index in [1.54, 1.807) is 67.9 Å². The van der Waals surface area contributed by atoms with Gasteiger partial charge < -0.3 is 19.7 Å². The van der Waals surface area contributed by atoms with Gasteiger partial charge in [0.25, 0.3) is 11.5 Å². The van der Waals surface area contributed by atoms with Crippen molar-refractivity contribution in [2.75, 3.05) is 7.11 Å². The molecule has 190 valence electrons. The number of nitrogens with zero attached hydrogens (tertiary/aromatic N) is 1. The molecule has 4 aromatic rings. The highest BCUT2D eigenvalue weighted by Gasteiger charge is 2.29. The van der Waals surface area contributed by atoms with Gasteiger partial charge in [0.1, 0.15) is 11.8 Å². The van der Waals surface area contributed by atoms with Gasteiger partial charge in [-0.05, 0) is 41.8 Å². The predicted octanol–water partition coefficient (Wildman–Crippen LogP) is 5.16. The minimum Gasteiger partial charge on any atom is -0.495 e. The molecule has 4 rings (SSSR count). The van der Waals surface area contributed by atoms with E-state index in [1.165, 1.54) is 7.11 Å². The summed E-state index contributed by atoms with van der Waals surface area (Å²) in [4.78, 5) is 38.3. The highest BCUT2D eigenvalue weighted by Crippen LogP contribution is 2.34. The van der Waals surface area contributed by atoms with Crippen molar-refractivity contribution in [2.45, 2.75) is 25.8 Å². The summed E-state index contributed by atoms with van der Waals surface area (Å²) in [5, 5.41) is 13.6. The summed E-state index contributed by atoms with van der Waals surface area (Å²) in [6.45, 7) is 3.47. The summed E-state index contributed by atoms with van der Waals surface area (Å²) in [6, 6.07) is 18.4. The van der Waals surface area contributed by atoms with Gasteiger partial charge in [-0.2, -0.15) is 0 Å². The van der Waals surface area contributed by atoms with Crippen LogP contribution in [0.4, 0.5) is 0 Å². The molecule has 7 nitrogen and oxygen atoms in total. The summed E-state index contributed by atoms with van der Waals surface area (Å²) in [7, 11) is 3.24. The standard InChI is InChI=1S/C29H27ClN2O5/c1-16-8-7-10-21(30)23(16)27(33)31-25(29(35)36)17(2)18-12-14-19(15-13-18)24-26(37-4)20-9-5-6-11-22(20)32(3)28(24)34/h5-15,17,25H,1-4H3,(H,31,33)(H,35,36)/t17?,25-/m0/s1. The van der Waals surface area contributed by atoms with E-state index in [2.05, 4.69) is 5.32 Å². The Kier molecular flexibility index (Phi) is 7.36. The van der Waals surface area contributed by atoms with Gasteiger partial charge in [0.15, 0.2) is 0 Å². The molecule has 0 bridgehead atoms. The maximum Gasteiger partial charge on any atom is 0.326 e. The smallest absolute Gasteiger partial charge is 0.326 e. The lowest BCUT2D eigenvalue weighted by atomic mass is 9.91. The molecule has 0 saturated carbocycles. The van der Waals surface area contributed by atoms with Crippen molar-refractivity contribution >= 4 is 34.4 Å². The zero-order valence-corrected chi connectivity index (χ0v) is 21.7. The number of hydrogen-bond acceptors (Lipinski definition) is 4. The van der Waals surface area contributed by atoms with E-state index in [0.29, 0.717) is 28.0 Å². The molecule has 3 aromatic carbocycles. The maximum absolute atomic E-state index is 13.2. The first-order valence-electron chi connectivity index (χ1n) is 11.7. The molecule has 0 spiro atoms. The van der Waals surface area contributed by atoms with Gasteiger partial charge in [-0.3, -0.25) is 9.59 Å². The fourth-order valence-corrected chi connectivity index (χ4v) is 4.92. The molecule has 1 amide bonds. The molecule has 8 heteroatoms. The Morgan fingerprint density at radius 2 is 1.70 bits per heavy atom. The van der Waals surface area contributed by atoms with E-state index in [-0.39, 0.29) is 16.1 Å². The van der Waals surface area contributed by atoms with Crippen molar-refractivity contribution in [1.29, 1.82) is 0 Å². The van der Waals surface area contributed by atoms with Gasteiger partial charge >= 0.3 is 5.97 Å². The van der Waals surface area contributed by atoms with Crippen molar-refractivity contribution in [2.24, 2.45) is 7.05 Å². The average molecular weight is 519 g/mol. The Balaban J connectivity index is 1.68. The highest BCUT2D eigenvalue weighted by atomic mass is 35.5. The van der Waals surface area contributed by atoms with E-state index in [9.17, 15) is 19.5 Å².